The van der Waals surface area contributed by atoms with Crippen LogP contribution in [0.4, 0.5) is 0 Å². The third kappa shape index (κ3) is 4.92. The SMILES string of the molecule is c1ccc(-c2nc(-c3cccc(-c4cccc(-c5ccc6c7ccccc7c7ccccc7c6c5)c4)c3)c3oc4c5ccccc5c5ccccc5c4c3n2)cc1. The summed E-state index contributed by atoms with van der Waals surface area (Å²) in [5.41, 5.74) is 9.64. The number of hydrogen-bond acceptors (Lipinski definition) is 3. The maximum Gasteiger partial charge on any atom is 0.180 e. The van der Waals surface area contributed by atoms with Crippen molar-refractivity contribution in [2.24, 2.45) is 0 Å². The van der Waals surface area contributed by atoms with Gasteiger partial charge in [-0.25, -0.2) is 9.97 Å². The molecule has 0 aliphatic heterocycles. The van der Waals surface area contributed by atoms with Gasteiger partial charge >= 0.3 is 0 Å². The molecule has 10 aromatic carbocycles. The van der Waals surface area contributed by atoms with Crippen LogP contribution < -0.4 is 0 Å². The molecule has 12 rings (SSSR count). The zero-order valence-corrected chi connectivity index (χ0v) is 30.8. The van der Waals surface area contributed by atoms with Crippen molar-refractivity contribution >= 4 is 75.9 Å². The first-order valence-corrected chi connectivity index (χ1v) is 19.4. The monoisotopic (exact) mass is 724 g/mol. The van der Waals surface area contributed by atoms with E-state index < -0.39 is 0 Å². The Morgan fingerprint density at radius 2 is 0.719 bits per heavy atom. The minimum absolute atomic E-state index is 0.669. The van der Waals surface area contributed by atoms with Crippen molar-refractivity contribution in [2.45, 2.75) is 0 Å². The molecular weight excluding hydrogens is 693 g/mol. The molecule has 264 valence electrons. The number of rotatable bonds is 4. The number of aromatic nitrogens is 2. The highest BCUT2D eigenvalue weighted by Crippen LogP contribution is 2.44. The van der Waals surface area contributed by atoms with Gasteiger partial charge in [0, 0.05) is 16.5 Å². The van der Waals surface area contributed by atoms with Crippen LogP contribution in [0.25, 0.3) is 121 Å². The van der Waals surface area contributed by atoms with Crippen molar-refractivity contribution < 1.29 is 4.42 Å². The maximum absolute atomic E-state index is 6.94. The lowest BCUT2D eigenvalue weighted by molar-refractivity contribution is 0.671. The van der Waals surface area contributed by atoms with Gasteiger partial charge in [0.25, 0.3) is 0 Å². The smallest absolute Gasteiger partial charge is 0.180 e. The standard InChI is InChI=1S/C54H32N2O/c1-2-14-33(15-3-1)54-55-50(53-51(56-54)49-46-26-10-8-23-42(46)43-24-9-11-27-47(43)52(49)57-53)38-19-13-18-36(31-38)34-16-12-17-35(30-34)37-28-29-45-41-22-5-4-20-39(41)40-21-6-7-25-44(40)48(45)32-37/h1-32H. The van der Waals surface area contributed by atoms with Crippen molar-refractivity contribution in [3.05, 3.63) is 194 Å². The fourth-order valence-corrected chi connectivity index (χ4v) is 8.99. The lowest BCUT2D eigenvalue weighted by Crippen LogP contribution is -1.94. The van der Waals surface area contributed by atoms with Gasteiger partial charge in [-0.15, -0.1) is 0 Å². The summed E-state index contributed by atoms with van der Waals surface area (Å²) in [6.45, 7) is 0. The topological polar surface area (TPSA) is 38.9 Å². The highest BCUT2D eigenvalue weighted by Gasteiger charge is 2.22. The molecule has 12 aromatic rings. The summed E-state index contributed by atoms with van der Waals surface area (Å²) >= 11 is 0. The summed E-state index contributed by atoms with van der Waals surface area (Å²) in [5, 5.41) is 13.2. The third-order valence-electron chi connectivity index (χ3n) is 11.6. The van der Waals surface area contributed by atoms with E-state index in [2.05, 4.69) is 176 Å². The average molecular weight is 725 g/mol. The Bertz CT molecular complexity index is 3550. The summed E-state index contributed by atoms with van der Waals surface area (Å²) in [7, 11) is 0. The molecule has 0 bridgehead atoms. The number of nitrogens with zero attached hydrogens (tertiary/aromatic N) is 2. The molecule has 0 saturated carbocycles. The van der Waals surface area contributed by atoms with Crippen molar-refractivity contribution in [3.63, 3.8) is 0 Å². The molecule has 0 spiro atoms. The fourth-order valence-electron chi connectivity index (χ4n) is 8.99. The highest BCUT2D eigenvalue weighted by molar-refractivity contribution is 6.30. The Labute approximate surface area is 328 Å². The Hall–Kier alpha value is -7.62. The van der Waals surface area contributed by atoms with E-state index >= 15 is 0 Å². The number of hydrogen-bond donors (Lipinski definition) is 0. The molecule has 2 aromatic heterocycles. The molecule has 3 heteroatoms. The molecule has 0 fully saturated rings. The van der Waals surface area contributed by atoms with Crippen LogP contribution in [-0.2, 0) is 0 Å². The van der Waals surface area contributed by atoms with Gasteiger partial charge in [-0.05, 0) is 88.9 Å². The zero-order valence-electron chi connectivity index (χ0n) is 30.8. The number of furan rings is 1. The van der Waals surface area contributed by atoms with E-state index in [9.17, 15) is 0 Å². The molecule has 0 N–H and O–H groups in total. The Balaban J connectivity index is 1.04. The zero-order chi connectivity index (χ0) is 37.5. The first-order valence-electron chi connectivity index (χ1n) is 19.4. The lowest BCUT2D eigenvalue weighted by Gasteiger charge is -2.13. The van der Waals surface area contributed by atoms with Crippen LogP contribution in [0.2, 0.25) is 0 Å². The second kappa shape index (κ2) is 12.5. The van der Waals surface area contributed by atoms with E-state index in [1.165, 1.54) is 48.8 Å². The Morgan fingerprint density at radius 3 is 1.35 bits per heavy atom. The maximum atomic E-state index is 6.94. The largest absolute Gasteiger partial charge is 0.451 e. The molecule has 57 heavy (non-hydrogen) atoms. The molecule has 0 radical (unpaired) electrons. The van der Waals surface area contributed by atoms with Crippen molar-refractivity contribution in [1.29, 1.82) is 0 Å². The summed E-state index contributed by atoms with van der Waals surface area (Å²) in [6.07, 6.45) is 0. The molecule has 0 amide bonds. The lowest BCUT2D eigenvalue weighted by atomic mass is 9.91. The first kappa shape index (κ1) is 31.7. The number of fused-ring (bicyclic) bond motifs is 14. The predicted octanol–water partition coefficient (Wildman–Crippen LogP) is 14.8. The minimum Gasteiger partial charge on any atom is -0.451 e. The summed E-state index contributed by atoms with van der Waals surface area (Å²) < 4.78 is 6.94. The van der Waals surface area contributed by atoms with Crippen LogP contribution in [-0.4, -0.2) is 9.97 Å². The molecule has 0 aliphatic carbocycles. The molecule has 2 heterocycles. The number of benzene rings is 10. The van der Waals surface area contributed by atoms with E-state index in [4.69, 9.17) is 14.4 Å². The van der Waals surface area contributed by atoms with Crippen LogP contribution in [0, 0.1) is 0 Å². The summed E-state index contributed by atoms with van der Waals surface area (Å²) in [5.74, 6) is 0.669. The highest BCUT2D eigenvalue weighted by atomic mass is 16.3. The van der Waals surface area contributed by atoms with Crippen LogP contribution in [0.5, 0.6) is 0 Å². The predicted molar refractivity (Wildman–Crippen MR) is 239 cm³/mol. The van der Waals surface area contributed by atoms with Crippen molar-refractivity contribution in [3.8, 4) is 44.9 Å². The molecule has 0 unspecified atom stereocenters. The van der Waals surface area contributed by atoms with Crippen molar-refractivity contribution in [1.82, 2.24) is 9.97 Å². The normalized spacial score (nSPS) is 11.9. The van der Waals surface area contributed by atoms with Gasteiger partial charge in [-0.1, -0.05) is 176 Å². The van der Waals surface area contributed by atoms with Crippen LogP contribution >= 0.6 is 0 Å². The van der Waals surface area contributed by atoms with Gasteiger partial charge in [0.2, 0.25) is 0 Å². The van der Waals surface area contributed by atoms with Crippen LogP contribution in [0.3, 0.4) is 0 Å². The average Bonchev–Trinajstić information content (AvgIpc) is 3.69. The quantitative estimate of drug-likeness (QED) is 0.170. The van der Waals surface area contributed by atoms with E-state index in [0.717, 1.165) is 60.6 Å². The van der Waals surface area contributed by atoms with E-state index in [-0.39, 0.29) is 0 Å². The second-order valence-electron chi connectivity index (χ2n) is 14.9. The minimum atomic E-state index is 0.669. The Morgan fingerprint density at radius 1 is 0.281 bits per heavy atom. The molecule has 0 aliphatic rings. The summed E-state index contributed by atoms with van der Waals surface area (Å²) in [4.78, 5) is 10.5. The van der Waals surface area contributed by atoms with Gasteiger partial charge in [0.15, 0.2) is 11.4 Å². The van der Waals surface area contributed by atoms with Gasteiger partial charge in [-0.2, -0.15) is 0 Å². The van der Waals surface area contributed by atoms with E-state index in [1.54, 1.807) is 0 Å². The second-order valence-corrected chi connectivity index (χ2v) is 14.9. The fraction of sp³-hybridized carbons (Fsp3) is 0. The summed E-state index contributed by atoms with van der Waals surface area (Å²) in [6, 6.07) is 69.2. The van der Waals surface area contributed by atoms with Crippen LogP contribution in [0.1, 0.15) is 0 Å². The Kier molecular flexibility index (Phi) is 6.93. The van der Waals surface area contributed by atoms with Crippen molar-refractivity contribution in [2.75, 3.05) is 0 Å². The van der Waals surface area contributed by atoms with Gasteiger partial charge in [0.1, 0.15) is 16.8 Å². The van der Waals surface area contributed by atoms with E-state index in [0.29, 0.717) is 11.4 Å². The van der Waals surface area contributed by atoms with E-state index in [1.807, 2.05) is 18.2 Å². The molecule has 0 saturated heterocycles. The first-order chi connectivity index (χ1) is 28.3. The molecular formula is C54H32N2O. The van der Waals surface area contributed by atoms with Gasteiger partial charge < -0.3 is 4.42 Å². The van der Waals surface area contributed by atoms with Gasteiger partial charge in [-0.3, -0.25) is 0 Å². The van der Waals surface area contributed by atoms with Gasteiger partial charge in [0.05, 0.1) is 5.39 Å². The third-order valence-corrected chi connectivity index (χ3v) is 11.6. The molecule has 3 nitrogen and oxygen atoms in total. The van der Waals surface area contributed by atoms with Crippen LogP contribution in [0.15, 0.2) is 199 Å². The molecule has 0 atom stereocenters.